The number of nitrogens with zero attached hydrogens (tertiary/aromatic N) is 3. The van der Waals surface area contributed by atoms with Crippen LogP contribution in [0.5, 0.6) is 0 Å². The molecule has 0 aliphatic heterocycles. The first-order valence-electron chi connectivity index (χ1n) is 9.21. The van der Waals surface area contributed by atoms with E-state index in [0.717, 1.165) is 5.52 Å². The molecule has 0 aliphatic rings. The van der Waals surface area contributed by atoms with Crippen molar-refractivity contribution in [3.05, 3.63) is 81.9 Å². The molecule has 0 bridgehead atoms. The quantitative estimate of drug-likeness (QED) is 0.549. The molecule has 0 aliphatic carbocycles. The van der Waals surface area contributed by atoms with Gasteiger partial charge in [0.1, 0.15) is 17.5 Å². The monoisotopic (exact) mass is 390 g/mol. The number of benzene rings is 2. The van der Waals surface area contributed by atoms with Crippen LogP contribution in [0.3, 0.4) is 0 Å². The van der Waals surface area contributed by atoms with Gasteiger partial charge in [-0.3, -0.25) is 9.20 Å². The van der Waals surface area contributed by atoms with Gasteiger partial charge in [0, 0.05) is 18.3 Å². The molecule has 2 N–H and O–H groups in total. The predicted molar refractivity (Wildman–Crippen MR) is 110 cm³/mol. The molecule has 7 heteroatoms. The third-order valence-corrected chi connectivity index (χ3v) is 4.95. The van der Waals surface area contributed by atoms with Gasteiger partial charge in [-0.15, -0.1) is 0 Å². The molecule has 0 spiro atoms. The molecule has 0 unspecified atom stereocenters. The van der Waals surface area contributed by atoms with Gasteiger partial charge < -0.3 is 15.0 Å². The number of anilines is 1. The Bertz CT molecular complexity index is 1300. The lowest BCUT2D eigenvalue weighted by atomic mass is 10.1. The van der Waals surface area contributed by atoms with E-state index in [-0.39, 0.29) is 24.5 Å². The Morgan fingerprint density at radius 1 is 1.17 bits per heavy atom. The Labute approximate surface area is 166 Å². The summed E-state index contributed by atoms with van der Waals surface area (Å²) in [6.07, 6.45) is -0.804. The highest BCUT2D eigenvalue weighted by molar-refractivity contribution is 5.84. The van der Waals surface area contributed by atoms with Crippen LogP contribution < -0.4 is 10.9 Å². The lowest BCUT2D eigenvalue weighted by Crippen LogP contribution is -2.25. The van der Waals surface area contributed by atoms with Crippen molar-refractivity contribution in [3.8, 4) is 6.07 Å². The van der Waals surface area contributed by atoms with Gasteiger partial charge in [-0.05, 0) is 48.9 Å². The van der Waals surface area contributed by atoms with Crippen molar-refractivity contribution in [2.75, 3.05) is 11.9 Å². The number of nitrogens with one attached hydrogen (secondary N) is 1. The van der Waals surface area contributed by atoms with E-state index < -0.39 is 6.10 Å². The topological polar surface area (TPSA) is 82.5 Å². The number of aliphatic hydroxyl groups excluding tert-OH is 1. The summed E-state index contributed by atoms with van der Waals surface area (Å²) < 4.78 is 16.4. The van der Waals surface area contributed by atoms with Gasteiger partial charge in [0.05, 0.1) is 29.2 Å². The minimum absolute atomic E-state index is 0.183. The minimum Gasteiger partial charge on any atom is -0.389 e. The Kier molecular flexibility index (Phi) is 4.79. The summed E-state index contributed by atoms with van der Waals surface area (Å²) >= 11 is 0. The fourth-order valence-electron chi connectivity index (χ4n) is 3.60. The zero-order valence-electron chi connectivity index (χ0n) is 15.8. The summed E-state index contributed by atoms with van der Waals surface area (Å²) in [4.78, 5) is 12.7. The third-order valence-electron chi connectivity index (χ3n) is 4.95. The lowest BCUT2D eigenvalue weighted by Gasteiger charge is -2.15. The van der Waals surface area contributed by atoms with Gasteiger partial charge in [0.25, 0.3) is 5.56 Å². The Balaban J connectivity index is 1.75. The fourth-order valence-corrected chi connectivity index (χ4v) is 3.60. The molecule has 4 aromatic rings. The number of rotatable bonds is 5. The molecule has 4 rings (SSSR count). The summed E-state index contributed by atoms with van der Waals surface area (Å²) in [5.41, 5.74) is 3.39. The van der Waals surface area contributed by atoms with Gasteiger partial charge in [0.15, 0.2) is 0 Å². The van der Waals surface area contributed by atoms with E-state index in [1.165, 1.54) is 22.6 Å². The number of aliphatic hydroxyl groups is 1. The number of hydrogen-bond acceptors (Lipinski definition) is 4. The van der Waals surface area contributed by atoms with Gasteiger partial charge in [-0.25, -0.2) is 4.39 Å². The van der Waals surface area contributed by atoms with Crippen molar-refractivity contribution >= 4 is 22.4 Å². The molecular formula is C22H19FN4O2. The van der Waals surface area contributed by atoms with E-state index in [1.54, 1.807) is 23.6 Å². The standard InChI is InChI=1S/C22H19FN4O2/c1-14-10-21(29)27-20-5-3-2-4-19(20)26(22(27)18(14)11-24)13-17(28)12-25-16-8-6-15(23)7-9-16/h2-10,17,25,28H,12-13H2,1H3/t17-/m0/s1. The first-order valence-corrected chi connectivity index (χ1v) is 9.21. The zero-order chi connectivity index (χ0) is 20.5. The largest absolute Gasteiger partial charge is 0.389 e. The summed E-state index contributed by atoms with van der Waals surface area (Å²) in [5.74, 6) is -0.328. The van der Waals surface area contributed by atoms with Gasteiger partial charge in [-0.2, -0.15) is 5.26 Å². The van der Waals surface area contributed by atoms with E-state index in [4.69, 9.17) is 0 Å². The molecule has 2 heterocycles. The maximum Gasteiger partial charge on any atom is 0.257 e. The average molecular weight is 390 g/mol. The van der Waals surface area contributed by atoms with Crippen molar-refractivity contribution in [1.82, 2.24) is 8.97 Å². The second kappa shape index (κ2) is 7.41. The number of halogens is 1. The number of fused-ring (bicyclic) bond motifs is 3. The number of hydrogen-bond donors (Lipinski definition) is 2. The molecule has 29 heavy (non-hydrogen) atoms. The Hall–Kier alpha value is -3.63. The van der Waals surface area contributed by atoms with Gasteiger partial charge in [-0.1, -0.05) is 12.1 Å². The molecule has 0 saturated carbocycles. The maximum absolute atomic E-state index is 13.0. The van der Waals surface area contributed by atoms with Crippen molar-refractivity contribution in [2.24, 2.45) is 0 Å². The van der Waals surface area contributed by atoms with Gasteiger partial charge in [0.2, 0.25) is 0 Å². The number of aryl methyl sites for hydroxylation is 1. The molecule has 2 aromatic carbocycles. The van der Waals surface area contributed by atoms with Crippen molar-refractivity contribution in [1.29, 1.82) is 5.26 Å². The second-order valence-electron chi connectivity index (χ2n) is 6.95. The first-order chi connectivity index (χ1) is 14.0. The SMILES string of the molecule is Cc1cc(=O)n2c3ccccc3n(C[C@@H](O)CNc3ccc(F)cc3)c2c1C#N. The molecule has 1 atom stereocenters. The molecule has 0 saturated heterocycles. The molecule has 2 aromatic heterocycles. The van der Waals surface area contributed by atoms with Crippen LogP contribution >= 0.6 is 0 Å². The number of imidazole rings is 1. The van der Waals surface area contributed by atoms with Crippen LogP contribution in [0.25, 0.3) is 16.7 Å². The van der Waals surface area contributed by atoms with E-state index >= 15 is 0 Å². The van der Waals surface area contributed by atoms with E-state index in [9.17, 15) is 19.6 Å². The lowest BCUT2D eigenvalue weighted by molar-refractivity contribution is 0.169. The molecule has 0 fully saturated rings. The van der Waals surface area contributed by atoms with Crippen molar-refractivity contribution in [2.45, 2.75) is 19.6 Å². The van der Waals surface area contributed by atoms with E-state index in [2.05, 4.69) is 11.4 Å². The van der Waals surface area contributed by atoms with Crippen molar-refractivity contribution < 1.29 is 9.50 Å². The summed E-state index contributed by atoms with van der Waals surface area (Å²) in [5, 5.41) is 23.4. The van der Waals surface area contributed by atoms with Crippen LogP contribution in [0, 0.1) is 24.1 Å². The number of pyridine rings is 1. The van der Waals surface area contributed by atoms with Crippen LogP contribution in [0.2, 0.25) is 0 Å². The van der Waals surface area contributed by atoms with Crippen LogP contribution in [0.15, 0.2) is 59.4 Å². The first kappa shape index (κ1) is 18.7. The Morgan fingerprint density at radius 2 is 1.86 bits per heavy atom. The zero-order valence-corrected chi connectivity index (χ0v) is 15.8. The molecule has 6 nitrogen and oxygen atoms in total. The predicted octanol–water partition coefficient (Wildman–Crippen LogP) is 3.05. The van der Waals surface area contributed by atoms with Gasteiger partial charge >= 0.3 is 0 Å². The smallest absolute Gasteiger partial charge is 0.257 e. The highest BCUT2D eigenvalue weighted by Crippen LogP contribution is 2.24. The van der Waals surface area contributed by atoms with Crippen LogP contribution in [-0.4, -0.2) is 26.7 Å². The van der Waals surface area contributed by atoms with Crippen LogP contribution in [0.4, 0.5) is 10.1 Å². The fraction of sp³-hybridized carbons (Fsp3) is 0.182. The molecule has 146 valence electrons. The third kappa shape index (κ3) is 3.35. The summed E-state index contributed by atoms with van der Waals surface area (Å²) in [7, 11) is 0. The molecule has 0 amide bonds. The number of aromatic nitrogens is 2. The van der Waals surface area contributed by atoms with Crippen LogP contribution in [0.1, 0.15) is 11.1 Å². The number of nitriles is 1. The second-order valence-corrected chi connectivity index (χ2v) is 6.95. The maximum atomic E-state index is 13.0. The highest BCUT2D eigenvalue weighted by atomic mass is 19.1. The number of para-hydroxylation sites is 2. The summed E-state index contributed by atoms with van der Waals surface area (Å²) in [6, 6.07) is 16.9. The molecule has 0 radical (unpaired) electrons. The van der Waals surface area contributed by atoms with E-state index in [0.29, 0.717) is 28.0 Å². The van der Waals surface area contributed by atoms with Crippen molar-refractivity contribution in [3.63, 3.8) is 0 Å². The van der Waals surface area contributed by atoms with Crippen LogP contribution in [-0.2, 0) is 6.54 Å². The molecular weight excluding hydrogens is 371 g/mol. The normalized spacial score (nSPS) is 12.2. The highest BCUT2D eigenvalue weighted by Gasteiger charge is 2.19. The minimum atomic E-state index is -0.804. The Morgan fingerprint density at radius 3 is 2.55 bits per heavy atom. The average Bonchev–Trinajstić information content (AvgIpc) is 3.03. The summed E-state index contributed by atoms with van der Waals surface area (Å²) in [6.45, 7) is 2.14. The van der Waals surface area contributed by atoms with E-state index in [1.807, 2.05) is 24.3 Å².